The molecule has 0 saturated carbocycles. The molecule has 17 heavy (non-hydrogen) atoms. The number of carbonyl (C=O) groups is 2. The maximum atomic E-state index is 11.3. The van der Waals surface area contributed by atoms with Crippen LogP contribution < -0.4 is 11.1 Å². The molecule has 0 heterocycles. The van der Waals surface area contributed by atoms with Crippen LogP contribution in [0.3, 0.4) is 0 Å². The predicted molar refractivity (Wildman–Crippen MR) is 66.6 cm³/mol. The van der Waals surface area contributed by atoms with Crippen molar-refractivity contribution in [3.63, 3.8) is 0 Å². The summed E-state index contributed by atoms with van der Waals surface area (Å²) in [4.78, 5) is 21.7. The van der Waals surface area contributed by atoms with Crippen molar-refractivity contribution in [2.45, 2.75) is 57.9 Å². The summed E-state index contributed by atoms with van der Waals surface area (Å²) in [6.45, 7) is 2.49. The number of aliphatic carboxylic acids is 1. The first-order valence-corrected chi connectivity index (χ1v) is 6.33. The lowest BCUT2D eigenvalue weighted by Crippen LogP contribution is -2.35. The molecule has 0 aliphatic carbocycles. The molecule has 0 aromatic heterocycles. The lowest BCUT2D eigenvalue weighted by atomic mass is 10.1. The summed E-state index contributed by atoms with van der Waals surface area (Å²) in [6.07, 6.45) is 6.36. The first kappa shape index (κ1) is 15.9. The van der Waals surface area contributed by atoms with Crippen LogP contribution in [0, 0.1) is 0 Å². The van der Waals surface area contributed by atoms with Crippen LogP contribution in [0.5, 0.6) is 0 Å². The third-order valence-electron chi connectivity index (χ3n) is 2.60. The van der Waals surface area contributed by atoms with Gasteiger partial charge in [0.1, 0.15) is 6.04 Å². The van der Waals surface area contributed by atoms with Crippen molar-refractivity contribution in [2.75, 3.05) is 6.54 Å². The molecule has 0 aromatic carbocycles. The normalized spacial score (nSPS) is 12.1. The van der Waals surface area contributed by atoms with Gasteiger partial charge in [0, 0.05) is 13.0 Å². The third kappa shape index (κ3) is 9.81. The quantitative estimate of drug-likeness (QED) is 0.504. The standard InChI is InChI=1S/C12H24N2O3/c1-2-3-4-5-6-7-11(15)14-9-8-10(13)12(16)17/h10H,2-9,13H2,1H3,(H,14,15)(H,16,17)/t10-/m0/s1. The Hall–Kier alpha value is -1.10. The smallest absolute Gasteiger partial charge is 0.320 e. The van der Waals surface area contributed by atoms with E-state index in [0.29, 0.717) is 13.0 Å². The first-order chi connectivity index (χ1) is 8.07. The van der Waals surface area contributed by atoms with Gasteiger partial charge in [-0.25, -0.2) is 0 Å². The molecular weight excluding hydrogens is 220 g/mol. The Kier molecular flexibility index (Phi) is 9.43. The molecule has 0 aromatic rings. The summed E-state index contributed by atoms with van der Waals surface area (Å²) in [7, 11) is 0. The summed E-state index contributed by atoms with van der Waals surface area (Å²) in [5.74, 6) is -1.04. The van der Waals surface area contributed by atoms with Gasteiger partial charge >= 0.3 is 5.97 Å². The van der Waals surface area contributed by atoms with Crippen LogP contribution >= 0.6 is 0 Å². The molecular formula is C12H24N2O3. The van der Waals surface area contributed by atoms with Crippen LogP contribution in [-0.2, 0) is 9.59 Å². The zero-order valence-electron chi connectivity index (χ0n) is 10.6. The van der Waals surface area contributed by atoms with Crippen molar-refractivity contribution < 1.29 is 14.7 Å². The molecule has 0 saturated heterocycles. The van der Waals surface area contributed by atoms with E-state index in [1.54, 1.807) is 0 Å². The number of carboxylic acid groups (broad SMARTS) is 1. The lowest BCUT2D eigenvalue weighted by molar-refractivity contribution is -0.138. The number of carboxylic acids is 1. The molecule has 1 atom stereocenters. The van der Waals surface area contributed by atoms with Crippen molar-refractivity contribution in [1.82, 2.24) is 5.32 Å². The minimum Gasteiger partial charge on any atom is -0.480 e. The second kappa shape index (κ2) is 10.1. The molecule has 0 rings (SSSR count). The Morgan fingerprint density at radius 1 is 1.24 bits per heavy atom. The van der Waals surface area contributed by atoms with Crippen molar-refractivity contribution in [3.8, 4) is 0 Å². The highest BCUT2D eigenvalue weighted by atomic mass is 16.4. The van der Waals surface area contributed by atoms with Gasteiger partial charge < -0.3 is 16.2 Å². The number of nitrogens with one attached hydrogen (secondary N) is 1. The molecule has 0 fully saturated rings. The van der Waals surface area contributed by atoms with Crippen LogP contribution in [0.25, 0.3) is 0 Å². The molecule has 0 unspecified atom stereocenters. The summed E-state index contributed by atoms with van der Waals surface area (Å²) >= 11 is 0. The highest BCUT2D eigenvalue weighted by Crippen LogP contribution is 2.04. The summed E-state index contributed by atoms with van der Waals surface area (Å²) in [5.41, 5.74) is 5.31. The molecule has 0 spiro atoms. The largest absolute Gasteiger partial charge is 0.480 e. The number of carbonyl (C=O) groups excluding carboxylic acids is 1. The minimum atomic E-state index is -1.03. The van der Waals surface area contributed by atoms with Gasteiger partial charge in [-0.2, -0.15) is 0 Å². The van der Waals surface area contributed by atoms with Gasteiger partial charge in [-0.15, -0.1) is 0 Å². The Morgan fingerprint density at radius 2 is 1.88 bits per heavy atom. The van der Waals surface area contributed by atoms with Crippen LogP contribution in [0.15, 0.2) is 0 Å². The lowest BCUT2D eigenvalue weighted by Gasteiger charge is -2.07. The van der Waals surface area contributed by atoms with E-state index in [4.69, 9.17) is 10.8 Å². The van der Waals surface area contributed by atoms with Gasteiger partial charge in [0.15, 0.2) is 0 Å². The van der Waals surface area contributed by atoms with E-state index in [1.807, 2.05) is 0 Å². The van der Waals surface area contributed by atoms with Crippen LogP contribution in [0.2, 0.25) is 0 Å². The van der Waals surface area contributed by atoms with E-state index in [0.717, 1.165) is 12.8 Å². The zero-order chi connectivity index (χ0) is 13.1. The number of rotatable bonds is 10. The van der Waals surface area contributed by atoms with Gasteiger partial charge in [-0.1, -0.05) is 32.6 Å². The fourth-order valence-corrected chi connectivity index (χ4v) is 1.47. The Balaban J connectivity index is 3.38. The van der Waals surface area contributed by atoms with Gasteiger partial charge in [0.05, 0.1) is 0 Å². The number of unbranched alkanes of at least 4 members (excludes halogenated alkanes) is 4. The van der Waals surface area contributed by atoms with E-state index in [9.17, 15) is 9.59 Å². The minimum absolute atomic E-state index is 0.0147. The number of hydrogen-bond acceptors (Lipinski definition) is 3. The van der Waals surface area contributed by atoms with Crippen LogP contribution in [-0.4, -0.2) is 29.6 Å². The molecule has 100 valence electrons. The Labute approximate surface area is 103 Å². The van der Waals surface area contributed by atoms with E-state index in [-0.39, 0.29) is 12.3 Å². The molecule has 5 nitrogen and oxygen atoms in total. The highest BCUT2D eigenvalue weighted by Gasteiger charge is 2.10. The van der Waals surface area contributed by atoms with Crippen molar-refractivity contribution >= 4 is 11.9 Å². The average molecular weight is 244 g/mol. The monoisotopic (exact) mass is 244 g/mol. The summed E-state index contributed by atoms with van der Waals surface area (Å²) in [5, 5.41) is 11.2. The van der Waals surface area contributed by atoms with Gasteiger partial charge in [-0.05, 0) is 12.8 Å². The van der Waals surface area contributed by atoms with E-state index in [2.05, 4.69) is 12.2 Å². The molecule has 0 aliphatic rings. The van der Waals surface area contributed by atoms with Crippen LogP contribution in [0.4, 0.5) is 0 Å². The average Bonchev–Trinajstić information content (AvgIpc) is 2.28. The topological polar surface area (TPSA) is 92.4 Å². The SMILES string of the molecule is CCCCCCCC(=O)NCC[C@H](N)C(=O)O. The van der Waals surface area contributed by atoms with Gasteiger partial charge in [0.2, 0.25) is 5.91 Å². The van der Waals surface area contributed by atoms with Crippen LogP contribution in [0.1, 0.15) is 51.9 Å². The molecule has 0 bridgehead atoms. The summed E-state index contributed by atoms with van der Waals surface area (Å²) < 4.78 is 0. The van der Waals surface area contributed by atoms with E-state index >= 15 is 0 Å². The fraction of sp³-hybridized carbons (Fsp3) is 0.833. The highest BCUT2D eigenvalue weighted by molar-refractivity contribution is 5.76. The van der Waals surface area contributed by atoms with Gasteiger partial charge in [-0.3, -0.25) is 9.59 Å². The maximum Gasteiger partial charge on any atom is 0.320 e. The summed E-state index contributed by atoms with van der Waals surface area (Å²) in [6, 6.07) is -0.889. The second-order valence-electron chi connectivity index (χ2n) is 4.25. The maximum absolute atomic E-state index is 11.3. The fourth-order valence-electron chi connectivity index (χ4n) is 1.47. The third-order valence-corrected chi connectivity index (χ3v) is 2.60. The number of amides is 1. The Morgan fingerprint density at radius 3 is 2.47 bits per heavy atom. The molecule has 1 amide bonds. The van der Waals surface area contributed by atoms with E-state index < -0.39 is 12.0 Å². The van der Waals surface area contributed by atoms with Crippen molar-refractivity contribution in [3.05, 3.63) is 0 Å². The zero-order valence-corrected chi connectivity index (χ0v) is 10.6. The van der Waals surface area contributed by atoms with E-state index in [1.165, 1.54) is 19.3 Å². The molecule has 0 aliphatic heterocycles. The molecule has 5 heteroatoms. The molecule has 0 radical (unpaired) electrons. The second-order valence-corrected chi connectivity index (χ2v) is 4.25. The predicted octanol–water partition coefficient (Wildman–Crippen LogP) is 1.27. The molecule has 4 N–H and O–H groups in total. The van der Waals surface area contributed by atoms with Crippen molar-refractivity contribution in [1.29, 1.82) is 0 Å². The van der Waals surface area contributed by atoms with Crippen molar-refractivity contribution in [2.24, 2.45) is 5.73 Å². The first-order valence-electron chi connectivity index (χ1n) is 6.33. The number of nitrogens with two attached hydrogens (primary N) is 1. The number of hydrogen-bond donors (Lipinski definition) is 3. The van der Waals surface area contributed by atoms with Gasteiger partial charge in [0.25, 0.3) is 0 Å². The Bertz CT molecular complexity index is 232.